The Hall–Kier alpha value is -0.100. The summed E-state index contributed by atoms with van der Waals surface area (Å²) in [6.07, 6.45) is 3.64. The number of benzene rings is 1. The zero-order valence-electron chi connectivity index (χ0n) is 12.2. The number of hydrogen-bond acceptors (Lipinski definition) is 3. The van der Waals surface area contributed by atoms with Crippen LogP contribution in [0.15, 0.2) is 16.6 Å². The molecule has 3 atom stereocenters. The fourth-order valence-electron chi connectivity index (χ4n) is 3.39. The highest BCUT2D eigenvalue weighted by atomic mass is 79.9. The number of halogens is 2. The molecule has 5 heteroatoms. The Morgan fingerprint density at radius 3 is 2.95 bits per heavy atom. The molecule has 1 saturated carbocycles. The summed E-state index contributed by atoms with van der Waals surface area (Å²) in [5.74, 6) is 0.919. The first-order valence-corrected chi connectivity index (χ1v) is 9.43. The molecular weight excluding hydrogens is 353 g/mol. The number of aliphatic hydroxyl groups is 1. The minimum Gasteiger partial charge on any atom is -0.387 e. The van der Waals surface area contributed by atoms with Crippen molar-refractivity contribution in [3.05, 3.63) is 33.5 Å². The molecule has 3 rings (SSSR count). The van der Waals surface area contributed by atoms with Crippen LogP contribution in [0.2, 0.25) is 0 Å². The lowest BCUT2D eigenvalue weighted by Crippen LogP contribution is -2.56. The number of hydrogen-bond donors (Lipinski definition) is 2. The summed E-state index contributed by atoms with van der Waals surface area (Å²) in [7, 11) is 0. The molecule has 116 valence electrons. The molecule has 21 heavy (non-hydrogen) atoms. The highest BCUT2D eigenvalue weighted by Crippen LogP contribution is 2.42. The molecule has 0 saturated heterocycles. The summed E-state index contributed by atoms with van der Waals surface area (Å²) in [6, 6.07) is 3.70. The maximum absolute atomic E-state index is 13.9. The van der Waals surface area contributed by atoms with Crippen LogP contribution in [0, 0.1) is 5.82 Å². The number of fused-ring (bicyclic) bond motifs is 1. The van der Waals surface area contributed by atoms with E-state index in [2.05, 4.69) is 28.2 Å². The Labute approximate surface area is 138 Å². The van der Waals surface area contributed by atoms with Gasteiger partial charge in [0.25, 0.3) is 0 Å². The average Bonchev–Trinajstić information content (AvgIpc) is 2.84. The molecule has 1 aromatic carbocycles. The lowest BCUT2D eigenvalue weighted by molar-refractivity contribution is -0.0253. The zero-order valence-corrected chi connectivity index (χ0v) is 14.6. The molecule has 0 radical (unpaired) electrons. The molecule has 2 aliphatic rings. The van der Waals surface area contributed by atoms with Crippen molar-refractivity contribution in [1.29, 1.82) is 0 Å². The van der Waals surface area contributed by atoms with Gasteiger partial charge in [0.05, 0.1) is 5.60 Å². The molecule has 1 fully saturated rings. The second-order valence-electron chi connectivity index (χ2n) is 6.01. The van der Waals surface area contributed by atoms with E-state index in [9.17, 15) is 9.50 Å². The summed E-state index contributed by atoms with van der Waals surface area (Å²) >= 11 is 5.21. The molecule has 0 amide bonds. The van der Waals surface area contributed by atoms with Crippen molar-refractivity contribution in [2.75, 3.05) is 12.3 Å². The third kappa shape index (κ3) is 3.03. The highest BCUT2D eigenvalue weighted by molar-refractivity contribution is 9.10. The van der Waals surface area contributed by atoms with Gasteiger partial charge in [-0.2, -0.15) is 11.8 Å². The molecular formula is C16H21BrFNOS. The van der Waals surface area contributed by atoms with Crippen LogP contribution in [0.3, 0.4) is 0 Å². The van der Waals surface area contributed by atoms with Crippen LogP contribution in [-0.4, -0.2) is 28.3 Å². The van der Waals surface area contributed by atoms with E-state index in [1.807, 2.05) is 17.8 Å². The van der Waals surface area contributed by atoms with Crippen molar-refractivity contribution in [2.45, 2.75) is 49.5 Å². The molecule has 1 aromatic rings. The molecule has 0 heterocycles. The largest absolute Gasteiger partial charge is 0.387 e. The first kappa shape index (κ1) is 15.8. The SMILES string of the molecule is CCS[C@@H]1CC[C@]1(O)CN[C@H]1CCc2c(F)cc(Br)cc21. The van der Waals surface area contributed by atoms with Gasteiger partial charge in [0.15, 0.2) is 0 Å². The van der Waals surface area contributed by atoms with E-state index in [0.717, 1.165) is 47.0 Å². The first-order chi connectivity index (χ1) is 10.0. The van der Waals surface area contributed by atoms with Crippen LogP contribution in [-0.2, 0) is 6.42 Å². The molecule has 0 aromatic heterocycles. The second-order valence-corrected chi connectivity index (χ2v) is 8.41. The van der Waals surface area contributed by atoms with E-state index in [4.69, 9.17) is 0 Å². The summed E-state index contributed by atoms with van der Waals surface area (Å²) < 4.78 is 14.7. The van der Waals surface area contributed by atoms with E-state index in [0.29, 0.717) is 11.8 Å². The average molecular weight is 374 g/mol. The quantitative estimate of drug-likeness (QED) is 0.822. The van der Waals surface area contributed by atoms with Gasteiger partial charge in [-0.3, -0.25) is 0 Å². The molecule has 0 spiro atoms. The summed E-state index contributed by atoms with van der Waals surface area (Å²) in [4.78, 5) is 0. The Kier molecular flexibility index (Phi) is 4.65. The van der Waals surface area contributed by atoms with Gasteiger partial charge < -0.3 is 10.4 Å². The van der Waals surface area contributed by atoms with Crippen LogP contribution in [0.1, 0.15) is 43.4 Å². The molecule has 0 unspecified atom stereocenters. The van der Waals surface area contributed by atoms with Gasteiger partial charge in [-0.25, -0.2) is 4.39 Å². The van der Waals surface area contributed by atoms with Gasteiger partial charge in [0.1, 0.15) is 5.82 Å². The number of nitrogens with one attached hydrogen (secondary N) is 1. The van der Waals surface area contributed by atoms with Crippen LogP contribution in [0.5, 0.6) is 0 Å². The topological polar surface area (TPSA) is 32.3 Å². The fraction of sp³-hybridized carbons (Fsp3) is 0.625. The lowest BCUT2D eigenvalue weighted by Gasteiger charge is -2.45. The van der Waals surface area contributed by atoms with E-state index in [1.54, 1.807) is 0 Å². The molecule has 2 nitrogen and oxygen atoms in total. The lowest BCUT2D eigenvalue weighted by atomic mass is 9.79. The standard InChI is InChI=1S/C16H21BrFNOS/c1-2-21-15-5-6-16(15,20)9-19-14-4-3-11-12(14)7-10(17)8-13(11)18/h7-8,14-15,19-20H,2-6,9H2,1H3/t14-,15+,16-/m0/s1. The van der Waals surface area contributed by atoms with Gasteiger partial charge in [-0.15, -0.1) is 0 Å². The van der Waals surface area contributed by atoms with Gasteiger partial charge in [-0.05, 0) is 54.7 Å². The normalized spacial score (nSPS) is 31.0. The summed E-state index contributed by atoms with van der Waals surface area (Å²) in [5, 5.41) is 14.5. The number of rotatable bonds is 5. The van der Waals surface area contributed by atoms with Gasteiger partial charge >= 0.3 is 0 Å². The molecule has 2 aliphatic carbocycles. The second kappa shape index (κ2) is 6.19. The molecule has 0 aliphatic heterocycles. The van der Waals surface area contributed by atoms with Crippen molar-refractivity contribution >= 4 is 27.7 Å². The smallest absolute Gasteiger partial charge is 0.127 e. The zero-order chi connectivity index (χ0) is 15.0. The maximum atomic E-state index is 13.9. The minimum atomic E-state index is -0.589. The van der Waals surface area contributed by atoms with Gasteiger partial charge in [0.2, 0.25) is 0 Å². The summed E-state index contributed by atoms with van der Waals surface area (Å²) in [6.45, 7) is 2.73. The highest BCUT2D eigenvalue weighted by Gasteiger charge is 2.45. The molecule has 0 bridgehead atoms. The van der Waals surface area contributed by atoms with Crippen LogP contribution in [0.4, 0.5) is 4.39 Å². The summed E-state index contributed by atoms with van der Waals surface area (Å²) in [5.41, 5.74) is 1.29. The van der Waals surface area contributed by atoms with Gasteiger partial charge in [0, 0.05) is 22.3 Å². The maximum Gasteiger partial charge on any atom is 0.127 e. The van der Waals surface area contributed by atoms with Crippen LogP contribution in [0.25, 0.3) is 0 Å². The molecule has 2 N–H and O–H groups in total. The van der Waals surface area contributed by atoms with Crippen molar-refractivity contribution < 1.29 is 9.50 Å². The van der Waals surface area contributed by atoms with Crippen molar-refractivity contribution in [3.63, 3.8) is 0 Å². The van der Waals surface area contributed by atoms with E-state index < -0.39 is 5.60 Å². The predicted molar refractivity (Wildman–Crippen MR) is 89.3 cm³/mol. The third-order valence-corrected chi connectivity index (χ3v) is 6.58. The van der Waals surface area contributed by atoms with Crippen LogP contribution >= 0.6 is 27.7 Å². The van der Waals surface area contributed by atoms with E-state index >= 15 is 0 Å². The van der Waals surface area contributed by atoms with Crippen LogP contribution < -0.4 is 5.32 Å². The van der Waals surface area contributed by atoms with Crippen molar-refractivity contribution in [3.8, 4) is 0 Å². The predicted octanol–water partition coefficient (Wildman–Crippen LogP) is 3.81. The van der Waals surface area contributed by atoms with E-state index in [1.165, 1.54) is 6.07 Å². The first-order valence-electron chi connectivity index (χ1n) is 7.58. The number of thioether (sulfide) groups is 1. The van der Waals surface area contributed by atoms with Crippen molar-refractivity contribution in [1.82, 2.24) is 5.32 Å². The Morgan fingerprint density at radius 2 is 2.29 bits per heavy atom. The minimum absolute atomic E-state index is 0.120. The van der Waals surface area contributed by atoms with Gasteiger partial charge in [-0.1, -0.05) is 22.9 Å². The Bertz CT molecular complexity index is 541. The Morgan fingerprint density at radius 1 is 1.48 bits per heavy atom. The third-order valence-electron chi connectivity index (χ3n) is 4.71. The van der Waals surface area contributed by atoms with E-state index in [-0.39, 0.29) is 11.9 Å². The monoisotopic (exact) mass is 373 g/mol. The fourth-order valence-corrected chi connectivity index (χ4v) is 5.04. The van der Waals surface area contributed by atoms with Crippen molar-refractivity contribution in [2.24, 2.45) is 0 Å². The Balaban J connectivity index is 1.66.